The van der Waals surface area contributed by atoms with Gasteiger partial charge >= 0.3 is 13.7 Å². The Morgan fingerprint density at radius 1 is 0.643 bits per heavy atom. The molecule has 6 aromatic carbocycles. The van der Waals surface area contributed by atoms with Gasteiger partial charge in [-0.2, -0.15) is 13.9 Å². The number of aliphatic hydroxyl groups is 1. The van der Waals surface area contributed by atoms with Gasteiger partial charge in [0, 0.05) is 71.7 Å². The number of carbonyl (C=O) groups excluding carboxylic acids is 1. The summed E-state index contributed by atoms with van der Waals surface area (Å²) in [7, 11) is -0.563. The van der Waals surface area contributed by atoms with Gasteiger partial charge in [-0.05, 0) is 142 Å². The fraction of sp³-hybridized carbons (Fsp3) is 0.394. The zero-order valence-corrected chi connectivity index (χ0v) is 62.0. The fourth-order valence-electron chi connectivity index (χ4n) is 9.93. The lowest BCUT2D eigenvalue weighted by atomic mass is 9.79. The Kier molecular flexibility index (Phi) is 29.3. The Labute approximate surface area is 600 Å². The maximum atomic E-state index is 14.4. The van der Waals surface area contributed by atoms with E-state index in [1.165, 1.54) is 53.8 Å². The van der Waals surface area contributed by atoms with Crippen molar-refractivity contribution in [3.05, 3.63) is 196 Å². The number of nitrogens with one attached hydrogen (secondary N) is 1. The molecule has 0 saturated carbocycles. The fourth-order valence-corrected chi connectivity index (χ4v) is 11.3. The van der Waals surface area contributed by atoms with Crippen LogP contribution in [0.15, 0.2) is 138 Å². The summed E-state index contributed by atoms with van der Waals surface area (Å²) in [6.07, 6.45) is 3.93. The number of rotatable bonds is 13. The van der Waals surface area contributed by atoms with Crippen molar-refractivity contribution in [1.82, 2.24) is 20.2 Å². The number of carbonyl (C=O) groups is 1. The molecule has 0 spiro atoms. The molecule has 6 heterocycles. The average molecular weight is 1620 g/mol. The molecule has 4 aliphatic rings. The Morgan fingerprint density at radius 2 is 1.15 bits per heavy atom. The lowest BCUT2D eigenvalue weighted by Gasteiger charge is -2.32. The van der Waals surface area contributed by atoms with Crippen molar-refractivity contribution in [2.24, 2.45) is 16.8 Å². The number of nitrogens with two attached hydrogens (primary N) is 1. The van der Waals surface area contributed by atoms with Crippen LogP contribution in [0.4, 0.5) is 36.6 Å². The van der Waals surface area contributed by atoms with E-state index in [9.17, 15) is 40.6 Å². The number of aromatic amines is 1. The van der Waals surface area contributed by atoms with Crippen LogP contribution in [-0.2, 0) is 25.3 Å². The number of nitrogen functional groups attached to an aromatic ring is 1. The van der Waals surface area contributed by atoms with Crippen molar-refractivity contribution in [2.75, 3.05) is 32.2 Å². The Hall–Kier alpha value is -6.30. The first-order chi connectivity index (χ1) is 46.3. The molecule has 98 heavy (non-hydrogen) atoms. The normalized spacial score (nSPS) is 15.9. The van der Waals surface area contributed by atoms with Crippen LogP contribution >= 0.6 is 63.7 Å². The smallest absolute Gasteiger partial charge is 0.487 e. The number of hydrogen-bond donors (Lipinski definition) is 3. The van der Waals surface area contributed by atoms with E-state index in [4.69, 9.17) is 34.0 Å². The largest absolute Gasteiger partial charge is 0.494 e. The number of Topliss-reactive ketones (excluding diaryl/α,β-unsaturated/α-hetero) is 1. The van der Waals surface area contributed by atoms with Gasteiger partial charge < -0.3 is 43.8 Å². The number of benzene rings is 6. The number of ether oxygens (including phenoxy) is 5. The number of aromatic nitrogens is 4. The number of fused-ring (bicyclic) bond motifs is 2. The SMILES string of the molecule is CC(C)C(=O)c1ccc(Br)cc1F.CC(C)C(O)c1ccc(Br)cc1F.CC(C)c1[nH]nc2cc(Br)ccc12.CC1(C)OB(c2ccc(OC3CCOCC3)c(F)c2)OC1(C)C.Fc1cc(Br)ccc1OC1CCOCC1.Nc1ncnc2c1C(c1ccc(OC(F)F)c(F)c1)=NC2. The van der Waals surface area contributed by atoms with Crippen LogP contribution < -0.4 is 25.4 Å². The van der Waals surface area contributed by atoms with Crippen molar-refractivity contribution in [2.45, 2.75) is 144 Å². The van der Waals surface area contributed by atoms with Crippen LogP contribution in [-0.4, -0.2) is 100 Å². The van der Waals surface area contributed by atoms with Gasteiger partial charge in [0.25, 0.3) is 0 Å². The van der Waals surface area contributed by atoms with Gasteiger partial charge in [-0.25, -0.2) is 31.9 Å². The molecule has 1 unspecified atom stereocenters. The van der Waals surface area contributed by atoms with Crippen molar-refractivity contribution in [3.8, 4) is 17.2 Å². The molecular weight excluding hydrogens is 1540 g/mol. The van der Waals surface area contributed by atoms with E-state index >= 15 is 0 Å². The highest BCUT2D eigenvalue weighted by Gasteiger charge is 2.52. The highest BCUT2D eigenvalue weighted by Crippen LogP contribution is 2.37. The number of anilines is 1. The molecular formula is C71H78BBr4F7N6O9. The van der Waals surface area contributed by atoms with E-state index in [2.05, 4.69) is 114 Å². The first-order valence-electron chi connectivity index (χ1n) is 31.6. The van der Waals surface area contributed by atoms with E-state index in [0.717, 1.165) is 52.3 Å². The van der Waals surface area contributed by atoms with E-state index in [-0.39, 0.29) is 64.4 Å². The van der Waals surface area contributed by atoms with Gasteiger partial charge in [0.15, 0.2) is 40.5 Å². The lowest BCUT2D eigenvalue weighted by Crippen LogP contribution is -2.41. The number of H-pyrrole nitrogens is 1. The van der Waals surface area contributed by atoms with Gasteiger partial charge in [0.1, 0.15) is 36.0 Å². The van der Waals surface area contributed by atoms with E-state index in [1.54, 1.807) is 56.3 Å². The summed E-state index contributed by atoms with van der Waals surface area (Å²) >= 11 is 12.9. The van der Waals surface area contributed by atoms with E-state index in [1.807, 2.05) is 53.7 Å². The third kappa shape index (κ3) is 22.1. The number of hydrogen-bond acceptors (Lipinski definition) is 14. The van der Waals surface area contributed by atoms with Crippen molar-refractivity contribution >= 4 is 105 Å². The molecule has 0 amide bonds. The van der Waals surface area contributed by atoms with Gasteiger partial charge in [0.05, 0.1) is 78.3 Å². The zero-order chi connectivity index (χ0) is 71.8. The van der Waals surface area contributed by atoms with Crippen LogP contribution in [0.1, 0.15) is 145 Å². The molecule has 27 heteroatoms. The number of aliphatic imine (C=N–C) groups is 1. The lowest BCUT2D eigenvalue weighted by molar-refractivity contribution is -0.0522. The second kappa shape index (κ2) is 36.3. The Balaban J connectivity index is 0.000000168. The number of aliphatic hydroxyl groups excluding tert-OH is 1. The maximum Gasteiger partial charge on any atom is 0.494 e. The molecule has 2 aromatic heterocycles. The molecule has 4 N–H and O–H groups in total. The summed E-state index contributed by atoms with van der Waals surface area (Å²) in [5.74, 6) is -1.94. The predicted molar refractivity (Wildman–Crippen MR) is 379 cm³/mol. The van der Waals surface area contributed by atoms with E-state index < -0.39 is 48.4 Å². The van der Waals surface area contributed by atoms with Gasteiger partial charge in [-0.1, -0.05) is 117 Å². The maximum absolute atomic E-state index is 14.4. The molecule has 0 radical (unpaired) electrons. The average Bonchev–Trinajstić information content (AvgIpc) is 1.62. The third-order valence-corrected chi connectivity index (χ3v) is 18.0. The topological polar surface area (TPSA) is 195 Å². The number of ketones is 1. The molecule has 1 atom stereocenters. The molecule has 12 rings (SSSR count). The van der Waals surface area contributed by atoms with Crippen molar-refractivity contribution in [1.29, 1.82) is 0 Å². The molecule has 15 nitrogen and oxygen atoms in total. The van der Waals surface area contributed by atoms with Gasteiger partial charge in [-0.3, -0.25) is 14.9 Å². The first-order valence-corrected chi connectivity index (χ1v) is 34.7. The zero-order valence-electron chi connectivity index (χ0n) is 55.7. The second-order valence-corrected chi connectivity index (χ2v) is 28.6. The predicted octanol–water partition coefficient (Wildman–Crippen LogP) is 18.1. The second-order valence-electron chi connectivity index (χ2n) is 24.9. The molecule has 3 saturated heterocycles. The minimum Gasteiger partial charge on any atom is -0.487 e. The summed E-state index contributed by atoms with van der Waals surface area (Å²) in [5, 5.41) is 18.2. The third-order valence-electron chi connectivity index (χ3n) is 16.1. The monoisotopic (exact) mass is 1620 g/mol. The number of alkyl halides is 2. The molecule has 3 fully saturated rings. The molecule has 0 aliphatic carbocycles. The molecule has 0 bridgehead atoms. The standard InChI is InChI=1S/C17H24BFO4.C13H9F3N4O.C11H12BrFO2.C10H12BrFO.C10H10BrFO.C10H11BrN2/c1-16(2)17(3,4)23-18(22-16)12-5-6-15(14(19)11-12)21-13-7-9-20-10-8-13;14-7-3-6(1-2-9(7)21-13(15)16)11-10-8(4-18-11)19-5-20-12(10)17;12-8-1-2-11(10(13)7-8)15-9-3-5-14-6-4-9;2*1-6(2)10(13)8-4-3-7(11)5-9(8)12;1-6(2)10-8-4-3-7(11)5-9(8)12-13-10/h5-6,11,13H,7-10H2,1-4H3;1-3,5,13H,4H2,(H2,17,19,20);1-2,7,9H,3-6H2;3-6,10,13H,1-2H3;3-6H,1-2H3;3-6H,1-2H3,(H,12,13). The van der Waals surface area contributed by atoms with Crippen LogP contribution in [0.5, 0.6) is 17.2 Å². The van der Waals surface area contributed by atoms with Crippen LogP contribution in [0.2, 0.25) is 0 Å². The molecule has 8 aromatic rings. The summed E-state index contributed by atoms with van der Waals surface area (Å²) in [6.45, 7) is 19.4. The van der Waals surface area contributed by atoms with Gasteiger partial charge in [-0.15, -0.1) is 0 Å². The first kappa shape index (κ1) is 79.0. The van der Waals surface area contributed by atoms with Crippen LogP contribution in [0, 0.1) is 40.9 Å². The van der Waals surface area contributed by atoms with Crippen molar-refractivity contribution < 1.29 is 73.6 Å². The Morgan fingerprint density at radius 3 is 1.67 bits per heavy atom. The summed E-state index contributed by atoms with van der Waals surface area (Å²) in [5.41, 5.74) is 10.4. The minimum absolute atomic E-state index is 0.0148. The number of nitrogens with zero attached hydrogens (tertiary/aromatic N) is 4. The van der Waals surface area contributed by atoms with Gasteiger partial charge in [0.2, 0.25) is 0 Å². The highest BCUT2D eigenvalue weighted by atomic mass is 79.9. The highest BCUT2D eigenvalue weighted by molar-refractivity contribution is 9.11. The summed E-state index contributed by atoms with van der Waals surface area (Å²) in [4.78, 5) is 23.6. The number of halogens is 11. The summed E-state index contributed by atoms with van der Waals surface area (Å²) < 4.78 is 133. The van der Waals surface area contributed by atoms with Crippen LogP contribution in [0.3, 0.4) is 0 Å². The van der Waals surface area contributed by atoms with Crippen molar-refractivity contribution in [3.63, 3.8) is 0 Å². The van der Waals surface area contributed by atoms with E-state index in [0.29, 0.717) is 87.1 Å². The molecule has 526 valence electrons. The quantitative estimate of drug-likeness (QED) is 0.0561. The Bertz CT molecular complexity index is 4000. The van der Waals surface area contributed by atoms with Crippen LogP contribution in [0.25, 0.3) is 10.9 Å². The minimum atomic E-state index is -3.08. The molecule has 4 aliphatic heterocycles. The summed E-state index contributed by atoms with van der Waals surface area (Å²) in [6, 6.07) is 28.7.